The van der Waals surface area contributed by atoms with Crippen LogP contribution in [0.1, 0.15) is 23.7 Å². The van der Waals surface area contributed by atoms with Crippen LogP contribution in [0, 0.1) is 0 Å². The molecule has 1 atom stereocenters. The molecule has 0 aliphatic carbocycles. The van der Waals surface area contributed by atoms with Gasteiger partial charge in [0, 0.05) is 19.6 Å². The molecule has 0 bridgehead atoms. The number of rotatable bonds is 4. The van der Waals surface area contributed by atoms with E-state index in [0.717, 1.165) is 23.3 Å². The van der Waals surface area contributed by atoms with Crippen molar-refractivity contribution in [3.63, 3.8) is 0 Å². The molecule has 1 fully saturated rings. The van der Waals surface area contributed by atoms with Crippen molar-refractivity contribution in [2.45, 2.75) is 19.4 Å². The second-order valence-electron chi connectivity index (χ2n) is 7.67. The van der Waals surface area contributed by atoms with Crippen LogP contribution in [0.25, 0.3) is 11.1 Å². The van der Waals surface area contributed by atoms with Crippen LogP contribution in [0.4, 0.5) is 10.5 Å². The van der Waals surface area contributed by atoms with E-state index in [2.05, 4.69) is 10.6 Å². The van der Waals surface area contributed by atoms with Crippen molar-refractivity contribution in [3.05, 3.63) is 48.0 Å². The zero-order valence-electron chi connectivity index (χ0n) is 17.7. The molecular weight excluding hydrogens is 396 g/mol. The molecule has 2 aliphatic heterocycles. The predicted molar refractivity (Wildman–Crippen MR) is 117 cm³/mol. The number of nitrogens with one attached hydrogen (secondary N) is 2. The molecule has 0 unspecified atom stereocenters. The van der Waals surface area contributed by atoms with Gasteiger partial charge in [-0.3, -0.25) is 9.59 Å². The van der Waals surface area contributed by atoms with Crippen molar-refractivity contribution in [1.82, 2.24) is 15.1 Å². The van der Waals surface area contributed by atoms with E-state index in [1.165, 1.54) is 0 Å². The van der Waals surface area contributed by atoms with Crippen LogP contribution in [0.3, 0.4) is 0 Å². The summed E-state index contributed by atoms with van der Waals surface area (Å²) in [5, 5.41) is 5.70. The van der Waals surface area contributed by atoms with Crippen molar-refractivity contribution >= 4 is 23.5 Å². The third-order valence-corrected chi connectivity index (χ3v) is 5.69. The summed E-state index contributed by atoms with van der Waals surface area (Å²) in [4.78, 5) is 41.7. The molecule has 8 nitrogen and oxygen atoms in total. The molecule has 2 heterocycles. The van der Waals surface area contributed by atoms with Crippen LogP contribution in [0.5, 0.6) is 5.75 Å². The van der Waals surface area contributed by atoms with Gasteiger partial charge in [-0.1, -0.05) is 25.1 Å². The summed E-state index contributed by atoms with van der Waals surface area (Å²) in [6.07, 6.45) is 0.833. The summed E-state index contributed by atoms with van der Waals surface area (Å²) in [5.74, 6) is 0.269. The number of piperazine rings is 1. The zero-order valence-corrected chi connectivity index (χ0v) is 17.7. The van der Waals surface area contributed by atoms with Gasteiger partial charge < -0.3 is 25.2 Å². The van der Waals surface area contributed by atoms with Gasteiger partial charge >= 0.3 is 6.03 Å². The molecule has 2 aliphatic rings. The number of nitrogens with zero attached hydrogens (tertiary/aromatic N) is 2. The minimum Gasteiger partial charge on any atom is -0.497 e. The van der Waals surface area contributed by atoms with E-state index < -0.39 is 6.04 Å². The first-order valence-electron chi connectivity index (χ1n) is 10.4. The molecule has 0 spiro atoms. The highest BCUT2D eigenvalue weighted by Gasteiger charge is 2.40. The number of amides is 4. The fraction of sp³-hybridized carbons (Fsp3) is 0.348. The maximum atomic E-state index is 13.3. The molecule has 2 N–H and O–H groups in total. The van der Waals surface area contributed by atoms with E-state index in [1.807, 2.05) is 43.3 Å². The number of benzene rings is 2. The number of hydrogen-bond donors (Lipinski definition) is 2. The molecule has 31 heavy (non-hydrogen) atoms. The molecular formula is C23H26N4O4. The van der Waals surface area contributed by atoms with Crippen molar-refractivity contribution in [2.24, 2.45) is 0 Å². The number of anilines is 1. The normalized spacial score (nSPS) is 17.9. The van der Waals surface area contributed by atoms with Crippen molar-refractivity contribution in [2.75, 3.05) is 38.6 Å². The minimum absolute atomic E-state index is 0.173. The van der Waals surface area contributed by atoms with Gasteiger partial charge in [-0.15, -0.1) is 0 Å². The Hall–Kier alpha value is -3.55. The SMILES string of the molecule is CCCNC(=O)N1CCN2C(=O)c3cc(-c4ccc(OC)cc4)ccc3NC(=O)[C@@H]2C1. The summed E-state index contributed by atoms with van der Waals surface area (Å²) >= 11 is 0. The van der Waals surface area contributed by atoms with Crippen LogP contribution < -0.4 is 15.4 Å². The Kier molecular flexibility index (Phi) is 5.79. The summed E-state index contributed by atoms with van der Waals surface area (Å²) in [5.41, 5.74) is 2.76. The largest absolute Gasteiger partial charge is 0.497 e. The first-order valence-corrected chi connectivity index (χ1v) is 10.4. The van der Waals surface area contributed by atoms with Crippen LogP contribution in [0.15, 0.2) is 42.5 Å². The average molecular weight is 422 g/mol. The van der Waals surface area contributed by atoms with Crippen molar-refractivity contribution in [1.29, 1.82) is 0 Å². The number of carbonyl (C=O) groups is 3. The molecule has 0 radical (unpaired) electrons. The van der Waals surface area contributed by atoms with Gasteiger partial charge in [0.2, 0.25) is 5.91 Å². The lowest BCUT2D eigenvalue weighted by molar-refractivity contribution is -0.121. The molecule has 8 heteroatoms. The van der Waals surface area contributed by atoms with Gasteiger partial charge in [-0.05, 0) is 41.8 Å². The second-order valence-corrected chi connectivity index (χ2v) is 7.67. The summed E-state index contributed by atoms with van der Waals surface area (Å²) < 4.78 is 5.21. The molecule has 2 aromatic rings. The van der Waals surface area contributed by atoms with Crippen LogP contribution in [0.2, 0.25) is 0 Å². The Labute approximate surface area is 181 Å². The average Bonchev–Trinajstić information content (AvgIpc) is 2.91. The molecule has 1 saturated heterocycles. The van der Waals surface area contributed by atoms with Crippen LogP contribution in [-0.4, -0.2) is 67.0 Å². The van der Waals surface area contributed by atoms with E-state index >= 15 is 0 Å². The van der Waals surface area contributed by atoms with Gasteiger partial charge in [0.05, 0.1) is 24.9 Å². The Morgan fingerprint density at radius 3 is 2.58 bits per heavy atom. The lowest BCUT2D eigenvalue weighted by Crippen LogP contribution is -2.60. The highest BCUT2D eigenvalue weighted by molar-refractivity contribution is 6.10. The Morgan fingerprint density at radius 2 is 1.87 bits per heavy atom. The molecule has 162 valence electrons. The lowest BCUT2D eigenvalue weighted by Gasteiger charge is -2.39. The molecule has 4 rings (SSSR count). The van der Waals surface area contributed by atoms with Gasteiger partial charge in [-0.2, -0.15) is 0 Å². The number of carbonyl (C=O) groups excluding carboxylic acids is 3. The fourth-order valence-electron chi connectivity index (χ4n) is 3.94. The molecule has 0 saturated carbocycles. The summed E-state index contributed by atoms with van der Waals surface area (Å²) in [6.45, 7) is 3.43. The third-order valence-electron chi connectivity index (χ3n) is 5.69. The smallest absolute Gasteiger partial charge is 0.317 e. The second kappa shape index (κ2) is 8.67. The monoisotopic (exact) mass is 422 g/mol. The lowest BCUT2D eigenvalue weighted by atomic mass is 10.0. The number of hydrogen-bond acceptors (Lipinski definition) is 4. The van der Waals surface area contributed by atoms with Gasteiger partial charge in [0.25, 0.3) is 5.91 Å². The van der Waals surface area contributed by atoms with E-state index in [-0.39, 0.29) is 24.4 Å². The Morgan fingerprint density at radius 1 is 1.13 bits per heavy atom. The Balaban J connectivity index is 1.59. The fourth-order valence-corrected chi connectivity index (χ4v) is 3.94. The van der Waals surface area contributed by atoms with Gasteiger partial charge in [0.15, 0.2) is 0 Å². The number of ether oxygens (including phenoxy) is 1. The van der Waals surface area contributed by atoms with E-state index in [1.54, 1.807) is 23.0 Å². The minimum atomic E-state index is -0.717. The van der Waals surface area contributed by atoms with Gasteiger partial charge in [-0.25, -0.2) is 4.79 Å². The Bertz CT molecular complexity index is 1010. The first-order chi connectivity index (χ1) is 15.0. The molecule has 0 aromatic heterocycles. The van der Waals surface area contributed by atoms with Crippen molar-refractivity contribution in [3.8, 4) is 16.9 Å². The maximum absolute atomic E-state index is 13.3. The van der Waals surface area contributed by atoms with E-state index in [9.17, 15) is 14.4 Å². The summed E-state index contributed by atoms with van der Waals surface area (Å²) in [6, 6.07) is 12.1. The molecule has 2 aromatic carbocycles. The zero-order chi connectivity index (χ0) is 22.0. The predicted octanol–water partition coefficient (Wildman–Crippen LogP) is 2.56. The highest BCUT2D eigenvalue weighted by Crippen LogP contribution is 2.31. The van der Waals surface area contributed by atoms with Crippen LogP contribution >= 0.6 is 0 Å². The van der Waals surface area contributed by atoms with Gasteiger partial charge in [0.1, 0.15) is 11.8 Å². The van der Waals surface area contributed by atoms with Crippen molar-refractivity contribution < 1.29 is 19.1 Å². The third kappa shape index (κ3) is 4.05. The van der Waals surface area contributed by atoms with Crippen LogP contribution in [-0.2, 0) is 4.79 Å². The summed E-state index contributed by atoms with van der Waals surface area (Å²) in [7, 11) is 1.61. The molecule has 4 amide bonds. The standard InChI is InChI=1S/C23H26N4O4/c1-3-10-24-23(30)26-11-12-27-20(14-26)21(28)25-19-9-6-16(13-18(19)22(27)29)15-4-7-17(31-2)8-5-15/h4-9,13,20H,3,10-12,14H2,1-2H3,(H,24,30)(H,25,28)/t20-/m0/s1. The topological polar surface area (TPSA) is 91.0 Å². The number of fused-ring (bicyclic) bond motifs is 2. The highest BCUT2D eigenvalue weighted by atomic mass is 16.5. The number of urea groups is 1. The maximum Gasteiger partial charge on any atom is 0.317 e. The first kappa shape index (κ1) is 20.7. The van der Waals surface area contributed by atoms with E-state index in [4.69, 9.17) is 4.74 Å². The number of methoxy groups -OCH3 is 1. The van der Waals surface area contributed by atoms with E-state index in [0.29, 0.717) is 30.9 Å². The quantitative estimate of drug-likeness (QED) is 0.792.